The van der Waals surface area contributed by atoms with Crippen molar-refractivity contribution in [3.8, 4) is 0 Å². The summed E-state index contributed by atoms with van der Waals surface area (Å²) in [7, 11) is 0. The van der Waals surface area contributed by atoms with Gasteiger partial charge in [0.1, 0.15) is 0 Å². The first-order valence-corrected chi connectivity index (χ1v) is 5.24. The molecule has 0 unspecified atom stereocenters. The summed E-state index contributed by atoms with van der Waals surface area (Å²) in [6, 6.07) is 0. The second kappa shape index (κ2) is 3.72. The van der Waals surface area contributed by atoms with Crippen molar-refractivity contribution in [2.24, 2.45) is 5.41 Å². The molecule has 0 spiro atoms. The molecule has 1 aliphatic carbocycles. The van der Waals surface area contributed by atoms with Crippen molar-refractivity contribution in [1.82, 2.24) is 0 Å². The third-order valence-electron chi connectivity index (χ3n) is 3.46. The van der Waals surface area contributed by atoms with E-state index in [4.69, 9.17) is 0 Å². The van der Waals surface area contributed by atoms with Gasteiger partial charge in [0.05, 0.1) is 0 Å². The van der Waals surface area contributed by atoms with E-state index in [9.17, 15) is 4.79 Å². The van der Waals surface area contributed by atoms with Crippen LogP contribution >= 0.6 is 0 Å². The second-order valence-electron chi connectivity index (χ2n) is 4.92. The van der Waals surface area contributed by atoms with Crippen LogP contribution in [0.25, 0.3) is 0 Å². The second-order valence-corrected chi connectivity index (χ2v) is 4.92. The maximum Gasteiger partial charge on any atom is 0.155 e. The molecule has 78 valence electrons. The first-order chi connectivity index (χ1) is 6.34. The Balaban J connectivity index is 2.97. The van der Waals surface area contributed by atoms with Gasteiger partial charge in [-0.1, -0.05) is 25.5 Å². The van der Waals surface area contributed by atoms with Crippen LogP contribution < -0.4 is 0 Å². The van der Waals surface area contributed by atoms with Crippen LogP contribution in [-0.2, 0) is 4.79 Å². The van der Waals surface area contributed by atoms with Crippen LogP contribution in [-0.4, -0.2) is 5.78 Å². The molecule has 0 fully saturated rings. The topological polar surface area (TPSA) is 17.1 Å². The predicted molar refractivity (Wildman–Crippen MR) is 60.2 cm³/mol. The number of rotatable bonds is 2. The Kier molecular flexibility index (Phi) is 2.98. The van der Waals surface area contributed by atoms with Gasteiger partial charge in [-0.05, 0) is 50.2 Å². The van der Waals surface area contributed by atoms with Gasteiger partial charge in [-0.2, -0.15) is 0 Å². The maximum absolute atomic E-state index is 11.1. The molecule has 0 aromatic heterocycles. The van der Waals surface area contributed by atoms with Gasteiger partial charge in [0.2, 0.25) is 0 Å². The first-order valence-electron chi connectivity index (χ1n) is 5.24. The Hall–Kier alpha value is -0.850. The molecular weight excluding hydrogens is 172 g/mol. The highest BCUT2D eigenvalue weighted by Gasteiger charge is 2.28. The molecule has 1 heteroatoms. The van der Waals surface area contributed by atoms with Crippen LogP contribution in [0.2, 0.25) is 0 Å². The molecule has 0 amide bonds. The van der Waals surface area contributed by atoms with Crippen molar-refractivity contribution in [2.45, 2.75) is 47.5 Å². The molecule has 1 aliphatic rings. The molecule has 0 bridgehead atoms. The Morgan fingerprint density at radius 2 is 1.93 bits per heavy atom. The molecule has 0 heterocycles. The fourth-order valence-corrected chi connectivity index (χ4v) is 1.80. The number of carbonyl (C=O) groups excluding carboxylic acids is 1. The van der Waals surface area contributed by atoms with Gasteiger partial charge < -0.3 is 0 Å². The lowest BCUT2D eigenvalue weighted by molar-refractivity contribution is -0.113. The van der Waals surface area contributed by atoms with Crippen molar-refractivity contribution in [1.29, 1.82) is 0 Å². The first kappa shape index (κ1) is 11.2. The smallest absolute Gasteiger partial charge is 0.155 e. The molecule has 14 heavy (non-hydrogen) atoms. The summed E-state index contributed by atoms with van der Waals surface area (Å²) in [6.07, 6.45) is 4.38. The van der Waals surface area contributed by atoms with Crippen LogP contribution in [0.3, 0.4) is 0 Å². The Labute approximate surface area is 86.9 Å². The average molecular weight is 192 g/mol. The van der Waals surface area contributed by atoms with E-state index in [2.05, 4.69) is 26.8 Å². The van der Waals surface area contributed by atoms with Crippen molar-refractivity contribution in [3.05, 3.63) is 22.8 Å². The fraction of sp³-hybridized carbons (Fsp3) is 0.615. The lowest BCUT2D eigenvalue weighted by Crippen LogP contribution is -2.06. The number of hydrogen-bond acceptors (Lipinski definition) is 1. The minimum atomic E-state index is 0.176. The average Bonchev–Trinajstić information content (AvgIpc) is 2.32. The summed E-state index contributed by atoms with van der Waals surface area (Å²) in [5.74, 6) is 0.176. The quantitative estimate of drug-likeness (QED) is 0.610. The number of hydrogen-bond donors (Lipinski definition) is 0. The predicted octanol–water partition coefficient (Wildman–Crippen LogP) is 3.66. The number of ketones is 1. The normalized spacial score (nSPS) is 21.6. The SMILES string of the molecule is CC(=O)/C(C)=C/C1=C(C)C(C)(C)CC1. The van der Waals surface area contributed by atoms with Crippen LogP contribution in [0.5, 0.6) is 0 Å². The van der Waals surface area contributed by atoms with Gasteiger partial charge in [0.15, 0.2) is 5.78 Å². The van der Waals surface area contributed by atoms with Gasteiger partial charge in [0.25, 0.3) is 0 Å². The fourth-order valence-electron chi connectivity index (χ4n) is 1.80. The summed E-state index contributed by atoms with van der Waals surface area (Å²) in [5, 5.41) is 0. The monoisotopic (exact) mass is 192 g/mol. The van der Waals surface area contributed by atoms with E-state index in [0.717, 1.165) is 12.0 Å². The van der Waals surface area contributed by atoms with Gasteiger partial charge in [-0.25, -0.2) is 0 Å². The lowest BCUT2D eigenvalue weighted by atomic mass is 9.86. The molecule has 1 rings (SSSR count). The zero-order valence-corrected chi connectivity index (χ0v) is 9.90. The Morgan fingerprint density at radius 3 is 2.29 bits per heavy atom. The molecular formula is C13H20O. The summed E-state index contributed by atoms with van der Waals surface area (Å²) < 4.78 is 0. The van der Waals surface area contributed by atoms with Gasteiger partial charge >= 0.3 is 0 Å². The summed E-state index contributed by atoms with van der Waals surface area (Å²) >= 11 is 0. The van der Waals surface area contributed by atoms with E-state index in [1.54, 1.807) is 6.92 Å². The summed E-state index contributed by atoms with van der Waals surface area (Å²) in [6.45, 7) is 10.3. The molecule has 0 aliphatic heterocycles. The Bertz CT molecular complexity index is 316. The minimum Gasteiger partial charge on any atom is -0.295 e. The van der Waals surface area contributed by atoms with Crippen LogP contribution in [0.1, 0.15) is 47.5 Å². The molecule has 1 nitrogen and oxygen atoms in total. The van der Waals surface area contributed by atoms with E-state index >= 15 is 0 Å². The van der Waals surface area contributed by atoms with Crippen LogP contribution in [0.15, 0.2) is 22.8 Å². The highest BCUT2D eigenvalue weighted by molar-refractivity contribution is 5.93. The molecule has 0 N–H and O–H groups in total. The van der Waals surface area contributed by atoms with E-state index in [1.165, 1.54) is 17.6 Å². The standard InChI is InChI=1S/C13H20O/c1-9(11(3)14)8-12-6-7-13(4,5)10(12)2/h8H,6-7H2,1-5H3/b9-8+. The Morgan fingerprint density at radius 1 is 1.36 bits per heavy atom. The van der Waals surface area contributed by atoms with E-state index in [1.807, 2.05) is 6.92 Å². The largest absolute Gasteiger partial charge is 0.295 e. The molecule has 0 aromatic rings. The summed E-state index contributed by atoms with van der Waals surface area (Å²) in [5.41, 5.74) is 4.00. The van der Waals surface area contributed by atoms with Crippen molar-refractivity contribution in [3.63, 3.8) is 0 Å². The number of carbonyl (C=O) groups is 1. The number of allylic oxidation sites excluding steroid dienone is 4. The van der Waals surface area contributed by atoms with E-state index < -0.39 is 0 Å². The zero-order chi connectivity index (χ0) is 10.9. The molecule has 0 saturated carbocycles. The van der Waals surface area contributed by atoms with Gasteiger partial charge in [0, 0.05) is 0 Å². The highest BCUT2D eigenvalue weighted by atomic mass is 16.1. The maximum atomic E-state index is 11.1. The lowest BCUT2D eigenvalue weighted by Gasteiger charge is -2.19. The highest BCUT2D eigenvalue weighted by Crippen LogP contribution is 2.42. The van der Waals surface area contributed by atoms with E-state index in [0.29, 0.717) is 5.41 Å². The minimum absolute atomic E-state index is 0.176. The van der Waals surface area contributed by atoms with Crippen molar-refractivity contribution >= 4 is 5.78 Å². The van der Waals surface area contributed by atoms with Crippen molar-refractivity contribution in [2.75, 3.05) is 0 Å². The third-order valence-corrected chi connectivity index (χ3v) is 3.46. The number of Topliss-reactive ketones (excluding diaryl/α,β-unsaturated/α-hetero) is 1. The molecule has 0 aromatic carbocycles. The van der Waals surface area contributed by atoms with Gasteiger partial charge in [-0.3, -0.25) is 4.79 Å². The third kappa shape index (κ3) is 2.14. The molecule has 0 saturated heterocycles. The van der Waals surface area contributed by atoms with Crippen LogP contribution in [0.4, 0.5) is 0 Å². The zero-order valence-electron chi connectivity index (χ0n) is 9.90. The molecule has 0 atom stereocenters. The summed E-state index contributed by atoms with van der Waals surface area (Å²) in [4.78, 5) is 11.1. The van der Waals surface area contributed by atoms with Crippen LogP contribution in [0, 0.1) is 5.41 Å². The van der Waals surface area contributed by atoms with Gasteiger partial charge in [-0.15, -0.1) is 0 Å². The van der Waals surface area contributed by atoms with E-state index in [-0.39, 0.29) is 5.78 Å². The van der Waals surface area contributed by atoms with Crippen molar-refractivity contribution < 1.29 is 4.79 Å². The molecule has 0 radical (unpaired) electrons.